The van der Waals surface area contributed by atoms with Crippen LogP contribution in [0.25, 0.3) is 0 Å². The Morgan fingerprint density at radius 1 is 0.731 bits per heavy atom. The molecular formula is C22H21O3P. The maximum Gasteiger partial charge on any atom is 0.335 e. The standard InChI is InChI=1S/C22H21O3P/c23-22(24)21-13-11-18(12-14-21)15-25-26(16-19-7-3-1-4-8-19)17-20-9-5-2-6-10-20/h1-14H,15-17H2,(H,23,24). The minimum absolute atomic E-state index is 0.296. The van der Waals surface area contributed by atoms with E-state index < -0.39 is 14.1 Å². The Labute approximate surface area is 155 Å². The number of benzene rings is 3. The molecule has 26 heavy (non-hydrogen) atoms. The summed E-state index contributed by atoms with van der Waals surface area (Å²) in [5.41, 5.74) is 3.83. The van der Waals surface area contributed by atoms with Gasteiger partial charge in [0.05, 0.1) is 12.2 Å². The predicted octanol–water partition coefficient (Wildman–Crippen LogP) is 5.70. The first kappa shape index (κ1) is 18.3. The van der Waals surface area contributed by atoms with Crippen LogP contribution in [0, 0.1) is 0 Å². The molecule has 0 aliphatic rings. The maximum absolute atomic E-state index is 11.0. The van der Waals surface area contributed by atoms with Crippen LogP contribution < -0.4 is 0 Å². The largest absolute Gasteiger partial charge is 0.478 e. The quantitative estimate of drug-likeness (QED) is 0.522. The van der Waals surface area contributed by atoms with Crippen LogP contribution in [-0.2, 0) is 23.5 Å². The molecule has 0 aromatic heterocycles. The van der Waals surface area contributed by atoms with Crippen molar-refractivity contribution in [1.29, 1.82) is 0 Å². The van der Waals surface area contributed by atoms with Crippen molar-refractivity contribution in [2.24, 2.45) is 0 Å². The second-order valence-electron chi connectivity index (χ2n) is 6.04. The second kappa shape index (κ2) is 9.28. The van der Waals surface area contributed by atoms with Gasteiger partial charge in [-0.25, -0.2) is 4.79 Å². The van der Waals surface area contributed by atoms with Crippen molar-refractivity contribution < 1.29 is 14.4 Å². The Bertz CT molecular complexity index is 776. The Morgan fingerprint density at radius 3 is 1.69 bits per heavy atom. The van der Waals surface area contributed by atoms with Crippen molar-refractivity contribution in [1.82, 2.24) is 0 Å². The number of rotatable bonds is 8. The van der Waals surface area contributed by atoms with Crippen LogP contribution in [0.2, 0.25) is 0 Å². The number of hydrogen-bond acceptors (Lipinski definition) is 2. The molecule has 3 rings (SSSR count). The molecule has 132 valence electrons. The normalized spacial score (nSPS) is 10.8. The lowest BCUT2D eigenvalue weighted by atomic mass is 10.1. The van der Waals surface area contributed by atoms with Crippen molar-refractivity contribution in [2.45, 2.75) is 18.9 Å². The predicted molar refractivity (Wildman–Crippen MR) is 105 cm³/mol. The van der Waals surface area contributed by atoms with Crippen molar-refractivity contribution in [3.63, 3.8) is 0 Å². The van der Waals surface area contributed by atoms with Gasteiger partial charge in [-0.3, -0.25) is 0 Å². The highest BCUT2D eigenvalue weighted by molar-refractivity contribution is 7.50. The van der Waals surface area contributed by atoms with Crippen molar-refractivity contribution >= 4 is 14.1 Å². The van der Waals surface area contributed by atoms with Gasteiger partial charge in [0.1, 0.15) is 0 Å². The molecular weight excluding hydrogens is 343 g/mol. The van der Waals surface area contributed by atoms with Gasteiger partial charge in [0.2, 0.25) is 0 Å². The molecule has 0 spiro atoms. The Hall–Kier alpha value is -2.48. The molecule has 1 N–H and O–H groups in total. The van der Waals surface area contributed by atoms with E-state index in [9.17, 15) is 4.79 Å². The molecule has 0 aliphatic carbocycles. The zero-order valence-corrected chi connectivity index (χ0v) is 15.3. The summed E-state index contributed by atoms with van der Waals surface area (Å²) in [5.74, 6) is -0.909. The van der Waals surface area contributed by atoms with Gasteiger partial charge in [0.15, 0.2) is 0 Å². The molecule has 3 nitrogen and oxygen atoms in total. The number of carboxylic acids is 1. The van der Waals surface area contributed by atoms with Crippen LogP contribution in [-0.4, -0.2) is 11.1 Å². The first-order valence-corrected chi connectivity index (χ1v) is 10.1. The summed E-state index contributed by atoms with van der Waals surface area (Å²) >= 11 is 0. The summed E-state index contributed by atoms with van der Waals surface area (Å²) < 4.78 is 6.25. The van der Waals surface area contributed by atoms with Crippen LogP contribution in [0.5, 0.6) is 0 Å². The van der Waals surface area contributed by atoms with Gasteiger partial charge in [-0.1, -0.05) is 72.8 Å². The molecule has 3 aromatic rings. The highest BCUT2D eigenvalue weighted by Crippen LogP contribution is 2.45. The zero-order valence-electron chi connectivity index (χ0n) is 14.4. The molecule has 0 saturated carbocycles. The summed E-state index contributed by atoms with van der Waals surface area (Å²) in [6.07, 6.45) is 1.80. The molecule has 0 saturated heterocycles. The van der Waals surface area contributed by atoms with Crippen LogP contribution in [0.4, 0.5) is 0 Å². The lowest BCUT2D eigenvalue weighted by Gasteiger charge is -2.18. The molecule has 3 aromatic carbocycles. The van der Waals surface area contributed by atoms with Crippen LogP contribution >= 0.6 is 8.15 Å². The molecule has 0 heterocycles. The zero-order chi connectivity index (χ0) is 18.2. The van der Waals surface area contributed by atoms with Gasteiger partial charge < -0.3 is 9.63 Å². The Morgan fingerprint density at radius 2 is 1.23 bits per heavy atom. The first-order valence-electron chi connectivity index (χ1n) is 8.48. The van der Waals surface area contributed by atoms with Gasteiger partial charge in [0, 0.05) is 20.5 Å². The summed E-state index contributed by atoms with van der Waals surface area (Å²) in [6, 6.07) is 27.7. The summed E-state index contributed by atoms with van der Waals surface area (Å²) in [4.78, 5) is 11.0. The fourth-order valence-electron chi connectivity index (χ4n) is 2.63. The third-order valence-electron chi connectivity index (χ3n) is 4.02. The third-order valence-corrected chi connectivity index (χ3v) is 5.95. The number of carbonyl (C=O) groups is 1. The lowest BCUT2D eigenvalue weighted by molar-refractivity contribution is 0.0697. The molecule has 0 radical (unpaired) electrons. The number of hydrogen-bond donors (Lipinski definition) is 1. The van der Waals surface area contributed by atoms with E-state index in [1.165, 1.54) is 11.1 Å². The van der Waals surface area contributed by atoms with Gasteiger partial charge in [-0.05, 0) is 28.8 Å². The molecule has 0 aliphatic heterocycles. The van der Waals surface area contributed by atoms with Crippen molar-refractivity contribution in [3.8, 4) is 0 Å². The van der Waals surface area contributed by atoms with Gasteiger partial charge in [-0.15, -0.1) is 0 Å². The Kier molecular flexibility index (Phi) is 6.54. The van der Waals surface area contributed by atoms with Gasteiger partial charge in [-0.2, -0.15) is 0 Å². The maximum atomic E-state index is 11.0. The van der Waals surface area contributed by atoms with Crippen molar-refractivity contribution in [2.75, 3.05) is 0 Å². The molecule has 0 amide bonds. The van der Waals surface area contributed by atoms with E-state index in [0.717, 1.165) is 17.9 Å². The average Bonchev–Trinajstić information content (AvgIpc) is 2.68. The first-order chi connectivity index (χ1) is 12.7. The second-order valence-corrected chi connectivity index (χ2v) is 7.90. The number of aromatic carboxylic acids is 1. The monoisotopic (exact) mass is 364 g/mol. The van der Waals surface area contributed by atoms with E-state index in [-0.39, 0.29) is 0 Å². The van der Waals surface area contributed by atoms with Gasteiger partial charge >= 0.3 is 5.97 Å². The highest BCUT2D eigenvalue weighted by Gasteiger charge is 2.12. The van der Waals surface area contributed by atoms with Crippen LogP contribution in [0.3, 0.4) is 0 Å². The van der Waals surface area contributed by atoms with Crippen LogP contribution in [0.15, 0.2) is 84.9 Å². The summed E-state index contributed by atoms with van der Waals surface area (Å²) in [6.45, 7) is 0.491. The topological polar surface area (TPSA) is 46.5 Å². The lowest BCUT2D eigenvalue weighted by Crippen LogP contribution is -1.98. The molecule has 0 fully saturated rings. The van der Waals surface area contributed by atoms with E-state index in [1.54, 1.807) is 12.1 Å². The van der Waals surface area contributed by atoms with Crippen molar-refractivity contribution in [3.05, 3.63) is 107 Å². The fourth-order valence-corrected chi connectivity index (χ4v) is 4.49. The molecule has 0 unspecified atom stereocenters. The Balaban J connectivity index is 1.67. The minimum Gasteiger partial charge on any atom is -0.478 e. The minimum atomic E-state index is -0.909. The SMILES string of the molecule is O=C(O)c1ccc(COP(Cc2ccccc2)Cc2ccccc2)cc1. The fraction of sp³-hybridized carbons (Fsp3) is 0.136. The number of carboxylic acid groups (broad SMARTS) is 1. The molecule has 4 heteroatoms. The third kappa shape index (κ3) is 5.52. The summed E-state index contributed by atoms with van der Waals surface area (Å²) in [5, 5.41) is 8.99. The van der Waals surface area contributed by atoms with E-state index >= 15 is 0 Å². The average molecular weight is 364 g/mol. The van der Waals surface area contributed by atoms with E-state index in [0.29, 0.717) is 12.2 Å². The van der Waals surface area contributed by atoms with E-state index in [1.807, 2.05) is 24.3 Å². The van der Waals surface area contributed by atoms with Gasteiger partial charge in [0.25, 0.3) is 0 Å². The molecule has 0 bridgehead atoms. The van der Waals surface area contributed by atoms with E-state index in [4.69, 9.17) is 9.63 Å². The smallest absolute Gasteiger partial charge is 0.335 e. The van der Waals surface area contributed by atoms with Crippen LogP contribution in [0.1, 0.15) is 27.0 Å². The summed E-state index contributed by atoms with van der Waals surface area (Å²) in [7, 11) is -0.673. The van der Waals surface area contributed by atoms with E-state index in [2.05, 4.69) is 48.5 Å². The molecule has 0 atom stereocenters. The highest BCUT2D eigenvalue weighted by atomic mass is 31.1.